The Hall–Kier alpha value is -1.28. The lowest BCUT2D eigenvalue weighted by molar-refractivity contribution is 0.244. The second-order valence-corrected chi connectivity index (χ2v) is 6.50. The molecule has 2 nitrogen and oxygen atoms in total. The van der Waals surface area contributed by atoms with Gasteiger partial charge < -0.3 is 9.73 Å². The van der Waals surface area contributed by atoms with Gasteiger partial charge in [-0.1, -0.05) is 33.8 Å². The van der Waals surface area contributed by atoms with Gasteiger partial charge in [0.15, 0.2) is 0 Å². The molecular formula is C17H25NO. The first-order valence-corrected chi connectivity index (χ1v) is 7.07. The minimum absolute atomic E-state index is 0.132. The van der Waals surface area contributed by atoms with Crippen molar-refractivity contribution in [2.24, 2.45) is 5.41 Å². The van der Waals surface area contributed by atoms with Crippen molar-refractivity contribution < 1.29 is 4.42 Å². The van der Waals surface area contributed by atoms with Gasteiger partial charge in [-0.3, -0.25) is 0 Å². The topological polar surface area (TPSA) is 25.2 Å². The maximum Gasteiger partial charge on any atom is 0.134 e. The van der Waals surface area contributed by atoms with Gasteiger partial charge in [-0.25, -0.2) is 0 Å². The maximum absolute atomic E-state index is 6.11. The Morgan fingerprint density at radius 1 is 1.16 bits per heavy atom. The normalized spacial score (nSPS) is 14.0. The minimum Gasteiger partial charge on any atom is -0.459 e. The van der Waals surface area contributed by atoms with Gasteiger partial charge in [-0.15, -0.1) is 0 Å². The van der Waals surface area contributed by atoms with E-state index in [-0.39, 0.29) is 11.5 Å². The number of rotatable bonds is 3. The van der Waals surface area contributed by atoms with Gasteiger partial charge in [0.1, 0.15) is 11.3 Å². The Morgan fingerprint density at radius 2 is 1.84 bits per heavy atom. The van der Waals surface area contributed by atoms with Gasteiger partial charge in [0.25, 0.3) is 0 Å². The molecule has 1 heterocycles. The Kier molecular flexibility index (Phi) is 3.73. The summed E-state index contributed by atoms with van der Waals surface area (Å²) >= 11 is 0. The zero-order valence-corrected chi connectivity index (χ0v) is 12.9. The van der Waals surface area contributed by atoms with Gasteiger partial charge >= 0.3 is 0 Å². The van der Waals surface area contributed by atoms with Crippen LogP contribution in [0.2, 0.25) is 0 Å². The van der Waals surface area contributed by atoms with Gasteiger partial charge in [0.05, 0.1) is 6.04 Å². The van der Waals surface area contributed by atoms with Crippen molar-refractivity contribution in [3.8, 4) is 0 Å². The predicted octanol–water partition coefficient (Wildman–Crippen LogP) is 4.75. The molecule has 19 heavy (non-hydrogen) atoms. The highest BCUT2D eigenvalue weighted by atomic mass is 16.3. The van der Waals surface area contributed by atoms with Crippen molar-refractivity contribution in [2.75, 3.05) is 6.54 Å². The highest BCUT2D eigenvalue weighted by molar-refractivity contribution is 5.82. The van der Waals surface area contributed by atoms with Crippen molar-refractivity contribution in [1.29, 1.82) is 0 Å². The highest BCUT2D eigenvalue weighted by Gasteiger charge is 2.28. The average molecular weight is 259 g/mol. The van der Waals surface area contributed by atoms with Crippen LogP contribution in [0, 0.1) is 19.3 Å². The van der Waals surface area contributed by atoms with Crippen LogP contribution in [0.3, 0.4) is 0 Å². The Balaban J connectivity index is 2.52. The van der Waals surface area contributed by atoms with Gasteiger partial charge in [-0.05, 0) is 49.1 Å². The molecule has 0 spiro atoms. The summed E-state index contributed by atoms with van der Waals surface area (Å²) in [6.45, 7) is 14.1. The predicted molar refractivity (Wildman–Crippen MR) is 81.6 cm³/mol. The SMILES string of the molecule is CCNC(c1cc2c(C)cc(C)cc2o1)C(C)(C)C. The second-order valence-electron chi connectivity index (χ2n) is 6.50. The Bertz CT molecular complexity index is 575. The number of hydrogen-bond donors (Lipinski definition) is 1. The lowest BCUT2D eigenvalue weighted by Crippen LogP contribution is -2.31. The Morgan fingerprint density at radius 3 is 2.42 bits per heavy atom. The molecule has 0 aliphatic heterocycles. The van der Waals surface area contributed by atoms with E-state index in [0.29, 0.717) is 0 Å². The summed E-state index contributed by atoms with van der Waals surface area (Å²) in [6, 6.07) is 6.77. The van der Waals surface area contributed by atoms with Crippen LogP contribution in [0.5, 0.6) is 0 Å². The van der Waals surface area contributed by atoms with E-state index in [1.54, 1.807) is 0 Å². The average Bonchev–Trinajstić information content (AvgIpc) is 2.67. The smallest absolute Gasteiger partial charge is 0.134 e. The third kappa shape index (κ3) is 2.84. The van der Waals surface area contributed by atoms with Crippen molar-refractivity contribution in [1.82, 2.24) is 5.32 Å². The van der Waals surface area contributed by atoms with Crippen molar-refractivity contribution in [3.05, 3.63) is 35.1 Å². The summed E-state index contributed by atoms with van der Waals surface area (Å²) in [5.41, 5.74) is 3.67. The molecule has 0 radical (unpaired) electrons. The van der Waals surface area contributed by atoms with Crippen LogP contribution in [0.4, 0.5) is 0 Å². The maximum atomic E-state index is 6.11. The number of hydrogen-bond acceptors (Lipinski definition) is 2. The van der Waals surface area contributed by atoms with E-state index in [2.05, 4.69) is 65.1 Å². The van der Waals surface area contributed by atoms with Crippen molar-refractivity contribution in [2.45, 2.75) is 47.6 Å². The van der Waals surface area contributed by atoms with Crippen LogP contribution >= 0.6 is 0 Å². The first-order valence-electron chi connectivity index (χ1n) is 7.07. The van der Waals surface area contributed by atoms with E-state index in [9.17, 15) is 0 Å². The molecule has 0 fully saturated rings. The molecule has 0 saturated heterocycles. The van der Waals surface area contributed by atoms with E-state index in [1.807, 2.05) is 0 Å². The first kappa shape index (κ1) is 14.1. The van der Waals surface area contributed by atoms with Gasteiger partial charge in [0, 0.05) is 5.39 Å². The largest absolute Gasteiger partial charge is 0.459 e. The first-order chi connectivity index (χ1) is 8.82. The Labute approximate surface area is 116 Å². The molecule has 1 unspecified atom stereocenters. The fourth-order valence-electron chi connectivity index (χ4n) is 2.69. The van der Waals surface area contributed by atoms with E-state index in [1.165, 1.54) is 16.5 Å². The summed E-state index contributed by atoms with van der Waals surface area (Å²) in [5, 5.41) is 4.77. The number of fused-ring (bicyclic) bond motifs is 1. The zero-order chi connectivity index (χ0) is 14.2. The van der Waals surface area contributed by atoms with Crippen LogP contribution in [0.25, 0.3) is 11.0 Å². The van der Waals surface area contributed by atoms with Crippen molar-refractivity contribution in [3.63, 3.8) is 0 Å². The fraction of sp³-hybridized carbons (Fsp3) is 0.529. The summed E-state index contributed by atoms with van der Waals surface area (Å²) in [4.78, 5) is 0. The number of furan rings is 1. The molecule has 1 atom stereocenters. The minimum atomic E-state index is 0.132. The van der Waals surface area contributed by atoms with Crippen LogP contribution in [0.1, 0.15) is 50.6 Å². The summed E-state index contributed by atoms with van der Waals surface area (Å²) in [6.07, 6.45) is 0. The lowest BCUT2D eigenvalue weighted by Gasteiger charge is -2.29. The van der Waals surface area contributed by atoms with Crippen LogP contribution in [-0.2, 0) is 0 Å². The van der Waals surface area contributed by atoms with E-state index in [0.717, 1.165) is 17.9 Å². The van der Waals surface area contributed by atoms with Gasteiger partial charge in [0.2, 0.25) is 0 Å². The van der Waals surface area contributed by atoms with Crippen LogP contribution < -0.4 is 5.32 Å². The number of benzene rings is 1. The summed E-state index contributed by atoms with van der Waals surface area (Å²) in [5.74, 6) is 1.04. The van der Waals surface area contributed by atoms with Crippen LogP contribution in [-0.4, -0.2) is 6.54 Å². The van der Waals surface area contributed by atoms with Crippen LogP contribution in [0.15, 0.2) is 22.6 Å². The molecule has 0 saturated carbocycles. The van der Waals surface area contributed by atoms with Gasteiger partial charge in [-0.2, -0.15) is 0 Å². The molecule has 1 aromatic heterocycles. The standard InChI is InChI=1S/C17H25NO/c1-7-18-16(17(4,5)6)15-10-13-12(3)8-11(2)9-14(13)19-15/h8-10,16,18H,7H2,1-6H3. The molecule has 104 valence electrons. The molecule has 0 amide bonds. The molecular weight excluding hydrogens is 234 g/mol. The second kappa shape index (κ2) is 5.01. The molecule has 0 aliphatic carbocycles. The highest BCUT2D eigenvalue weighted by Crippen LogP contribution is 2.36. The van der Waals surface area contributed by atoms with E-state index >= 15 is 0 Å². The van der Waals surface area contributed by atoms with E-state index < -0.39 is 0 Å². The third-order valence-electron chi connectivity index (χ3n) is 3.57. The van der Waals surface area contributed by atoms with E-state index in [4.69, 9.17) is 4.42 Å². The number of aryl methyl sites for hydroxylation is 2. The third-order valence-corrected chi connectivity index (χ3v) is 3.57. The molecule has 1 aromatic carbocycles. The molecule has 1 N–H and O–H groups in total. The molecule has 0 bridgehead atoms. The lowest BCUT2D eigenvalue weighted by atomic mass is 9.85. The number of nitrogens with one attached hydrogen (secondary N) is 1. The quantitative estimate of drug-likeness (QED) is 0.860. The molecule has 0 aliphatic rings. The van der Waals surface area contributed by atoms with Crippen molar-refractivity contribution >= 4 is 11.0 Å². The summed E-state index contributed by atoms with van der Waals surface area (Å²) in [7, 11) is 0. The monoisotopic (exact) mass is 259 g/mol. The molecule has 2 rings (SSSR count). The zero-order valence-electron chi connectivity index (χ0n) is 12.9. The molecule has 2 aromatic rings. The summed E-state index contributed by atoms with van der Waals surface area (Å²) < 4.78 is 6.11. The fourth-order valence-corrected chi connectivity index (χ4v) is 2.69. The molecule has 2 heteroatoms.